The largest absolute Gasteiger partial charge is 0.351 e. The summed E-state index contributed by atoms with van der Waals surface area (Å²) in [6.07, 6.45) is 3.72. The molecule has 0 spiro atoms. The molecular formula is C14H18ClNO. The van der Waals surface area contributed by atoms with Crippen LogP contribution in [0.5, 0.6) is 0 Å². The van der Waals surface area contributed by atoms with Gasteiger partial charge in [-0.15, -0.1) is 11.6 Å². The first kappa shape index (κ1) is 12.4. The van der Waals surface area contributed by atoms with Crippen LogP contribution in [0.4, 0.5) is 0 Å². The van der Waals surface area contributed by atoms with Gasteiger partial charge in [0, 0.05) is 18.0 Å². The third-order valence-electron chi connectivity index (χ3n) is 3.58. The maximum absolute atomic E-state index is 11.9. The fraction of sp³-hybridized carbons (Fsp3) is 0.500. The molecule has 1 aromatic rings. The third kappa shape index (κ3) is 3.01. The zero-order valence-corrected chi connectivity index (χ0v) is 10.9. The van der Waals surface area contributed by atoms with E-state index >= 15 is 0 Å². The molecule has 1 aromatic carbocycles. The molecule has 0 atom stereocenters. The van der Waals surface area contributed by atoms with Gasteiger partial charge in [-0.05, 0) is 36.0 Å². The van der Waals surface area contributed by atoms with Gasteiger partial charge in [0.2, 0.25) is 0 Å². The first-order chi connectivity index (χ1) is 8.13. The molecule has 0 saturated heterocycles. The summed E-state index contributed by atoms with van der Waals surface area (Å²) in [5.74, 6) is 0.448. The van der Waals surface area contributed by atoms with E-state index in [9.17, 15) is 4.79 Å². The van der Waals surface area contributed by atoms with Crippen molar-refractivity contribution >= 4 is 17.5 Å². The van der Waals surface area contributed by atoms with Crippen LogP contribution in [0.1, 0.15) is 42.1 Å². The molecule has 0 radical (unpaired) electrons. The normalized spacial score (nSPS) is 17.3. The van der Waals surface area contributed by atoms with Crippen molar-refractivity contribution in [3.63, 3.8) is 0 Å². The lowest BCUT2D eigenvalue weighted by Gasteiger charge is -2.38. The second kappa shape index (κ2) is 5.09. The molecule has 0 aliphatic heterocycles. The van der Waals surface area contributed by atoms with Crippen molar-refractivity contribution in [2.75, 3.05) is 6.54 Å². The first-order valence-corrected chi connectivity index (χ1v) is 6.60. The summed E-state index contributed by atoms with van der Waals surface area (Å²) < 4.78 is 0. The van der Waals surface area contributed by atoms with Crippen LogP contribution in [-0.4, -0.2) is 12.5 Å². The molecule has 92 valence electrons. The van der Waals surface area contributed by atoms with Crippen LogP contribution in [0.15, 0.2) is 24.3 Å². The minimum absolute atomic E-state index is 0.00471. The van der Waals surface area contributed by atoms with E-state index in [0.717, 1.165) is 12.1 Å². The number of nitrogens with one attached hydrogen (secondary N) is 1. The number of amides is 1. The summed E-state index contributed by atoms with van der Waals surface area (Å²) in [5.41, 5.74) is 2.00. The highest BCUT2D eigenvalue weighted by Crippen LogP contribution is 2.39. The molecule has 1 aliphatic rings. The third-order valence-corrected chi connectivity index (χ3v) is 3.89. The summed E-state index contributed by atoms with van der Waals surface area (Å²) in [6, 6.07) is 7.48. The van der Waals surface area contributed by atoms with Gasteiger partial charge in [-0.2, -0.15) is 0 Å². The number of carbonyl (C=O) groups excluding carboxylic acids is 1. The maximum atomic E-state index is 11.9. The van der Waals surface area contributed by atoms with Crippen LogP contribution in [-0.2, 0) is 5.88 Å². The van der Waals surface area contributed by atoms with Crippen molar-refractivity contribution in [2.45, 2.75) is 32.1 Å². The van der Waals surface area contributed by atoms with Crippen molar-refractivity contribution in [3.8, 4) is 0 Å². The summed E-state index contributed by atoms with van der Waals surface area (Å²) >= 11 is 5.75. The SMILES string of the molecule is CC1(CNC(=O)c2cccc(CCl)c2)CCC1. The molecule has 2 rings (SSSR count). The highest BCUT2D eigenvalue weighted by atomic mass is 35.5. The van der Waals surface area contributed by atoms with Crippen molar-refractivity contribution in [2.24, 2.45) is 5.41 Å². The Morgan fingerprint density at radius 2 is 2.24 bits per heavy atom. The number of hydrogen-bond donors (Lipinski definition) is 1. The van der Waals surface area contributed by atoms with Crippen LogP contribution >= 0.6 is 11.6 Å². The fourth-order valence-corrected chi connectivity index (χ4v) is 2.31. The zero-order valence-electron chi connectivity index (χ0n) is 10.1. The van der Waals surface area contributed by atoms with Crippen LogP contribution < -0.4 is 5.32 Å². The standard InChI is InChI=1S/C14H18ClNO/c1-14(6-3-7-14)10-16-13(17)12-5-2-4-11(8-12)9-15/h2,4-5,8H,3,6-7,9-10H2,1H3,(H,16,17). The number of rotatable bonds is 4. The Balaban J connectivity index is 1.94. The maximum Gasteiger partial charge on any atom is 0.251 e. The highest BCUT2D eigenvalue weighted by Gasteiger charge is 2.31. The lowest BCUT2D eigenvalue weighted by molar-refractivity contribution is 0.0890. The van der Waals surface area contributed by atoms with E-state index < -0.39 is 0 Å². The summed E-state index contributed by atoms with van der Waals surface area (Å²) in [5, 5.41) is 3.01. The first-order valence-electron chi connectivity index (χ1n) is 6.06. The van der Waals surface area contributed by atoms with Gasteiger partial charge in [0.15, 0.2) is 0 Å². The highest BCUT2D eigenvalue weighted by molar-refractivity contribution is 6.17. The molecule has 0 heterocycles. The average molecular weight is 252 g/mol. The van der Waals surface area contributed by atoms with Gasteiger partial charge >= 0.3 is 0 Å². The number of alkyl halides is 1. The van der Waals surface area contributed by atoms with Gasteiger partial charge in [0.05, 0.1) is 0 Å². The van der Waals surface area contributed by atoms with E-state index in [1.54, 1.807) is 0 Å². The van der Waals surface area contributed by atoms with Gasteiger partial charge in [-0.1, -0.05) is 25.5 Å². The smallest absolute Gasteiger partial charge is 0.251 e. The van der Waals surface area contributed by atoms with Gasteiger partial charge in [0.1, 0.15) is 0 Å². The van der Waals surface area contributed by atoms with Crippen LogP contribution in [0.3, 0.4) is 0 Å². The molecule has 2 nitrogen and oxygen atoms in total. The number of carbonyl (C=O) groups is 1. The molecule has 17 heavy (non-hydrogen) atoms. The molecule has 0 bridgehead atoms. The monoisotopic (exact) mass is 251 g/mol. The van der Waals surface area contributed by atoms with E-state index in [4.69, 9.17) is 11.6 Å². The molecular weight excluding hydrogens is 234 g/mol. The average Bonchev–Trinajstić information content (AvgIpc) is 2.33. The predicted molar refractivity (Wildman–Crippen MR) is 70.3 cm³/mol. The number of benzene rings is 1. The van der Waals surface area contributed by atoms with E-state index in [1.807, 2.05) is 24.3 Å². The molecule has 1 fully saturated rings. The topological polar surface area (TPSA) is 29.1 Å². The Kier molecular flexibility index (Phi) is 3.72. The van der Waals surface area contributed by atoms with Gasteiger partial charge < -0.3 is 5.32 Å². The summed E-state index contributed by atoms with van der Waals surface area (Å²) in [6.45, 7) is 3.00. The Morgan fingerprint density at radius 1 is 1.47 bits per heavy atom. The Bertz CT molecular complexity index is 412. The molecule has 1 aliphatic carbocycles. The zero-order chi connectivity index (χ0) is 12.3. The minimum atomic E-state index is 0.00471. The van der Waals surface area contributed by atoms with Gasteiger partial charge in [0.25, 0.3) is 5.91 Å². The molecule has 1 N–H and O–H groups in total. The Morgan fingerprint density at radius 3 is 2.82 bits per heavy atom. The van der Waals surface area contributed by atoms with Crippen LogP contribution in [0.2, 0.25) is 0 Å². The van der Waals surface area contributed by atoms with Crippen molar-refractivity contribution in [1.29, 1.82) is 0 Å². The second-order valence-electron chi connectivity index (χ2n) is 5.18. The van der Waals surface area contributed by atoms with E-state index in [1.165, 1.54) is 19.3 Å². The van der Waals surface area contributed by atoms with Gasteiger partial charge in [-0.25, -0.2) is 0 Å². The lowest BCUT2D eigenvalue weighted by Crippen LogP contribution is -2.39. The second-order valence-corrected chi connectivity index (χ2v) is 5.45. The predicted octanol–water partition coefficient (Wildman–Crippen LogP) is 3.35. The van der Waals surface area contributed by atoms with Crippen LogP contribution in [0.25, 0.3) is 0 Å². The Hall–Kier alpha value is -1.02. The molecule has 1 saturated carbocycles. The molecule has 1 amide bonds. The molecule has 0 aromatic heterocycles. The molecule has 0 unspecified atom stereocenters. The Labute approximate surface area is 107 Å². The van der Waals surface area contributed by atoms with Crippen molar-refractivity contribution in [3.05, 3.63) is 35.4 Å². The van der Waals surface area contributed by atoms with Gasteiger partial charge in [-0.3, -0.25) is 4.79 Å². The lowest BCUT2D eigenvalue weighted by atomic mass is 9.70. The number of halogens is 1. The van der Waals surface area contributed by atoms with E-state index in [-0.39, 0.29) is 5.91 Å². The van der Waals surface area contributed by atoms with Crippen LogP contribution in [0, 0.1) is 5.41 Å². The quantitative estimate of drug-likeness (QED) is 0.817. The summed E-state index contributed by atoms with van der Waals surface area (Å²) in [7, 11) is 0. The van der Waals surface area contributed by atoms with Crippen molar-refractivity contribution < 1.29 is 4.79 Å². The fourth-order valence-electron chi connectivity index (χ4n) is 2.15. The number of hydrogen-bond acceptors (Lipinski definition) is 1. The van der Waals surface area contributed by atoms with Crippen molar-refractivity contribution in [1.82, 2.24) is 5.32 Å². The van der Waals surface area contributed by atoms with E-state index in [0.29, 0.717) is 16.9 Å². The molecule has 3 heteroatoms. The summed E-state index contributed by atoms with van der Waals surface area (Å²) in [4.78, 5) is 11.9. The van der Waals surface area contributed by atoms with E-state index in [2.05, 4.69) is 12.2 Å². The minimum Gasteiger partial charge on any atom is -0.351 e.